The molecule has 1 fully saturated rings. The van der Waals surface area contributed by atoms with Gasteiger partial charge in [-0.3, -0.25) is 0 Å². The topological polar surface area (TPSA) is 82.5 Å². The number of aromatic carboxylic acids is 1. The van der Waals surface area contributed by atoms with Gasteiger partial charge < -0.3 is 15.5 Å². The molecule has 2 unspecified atom stereocenters. The van der Waals surface area contributed by atoms with Gasteiger partial charge in [0, 0.05) is 12.7 Å². The first-order valence-corrected chi connectivity index (χ1v) is 6.26. The quantitative estimate of drug-likeness (QED) is 0.758. The number of aromatic nitrogens is 1. The molecule has 1 aromatic heterocycles. The van der Waals surface area contributed by atoms with Gasteiger partial charge in [0.25, 0.3) is 0 Å². The summed E-state index contributed by atoms with van der Waals surface area (Å²) in [5, 5.41) is 21.6. The molecule has 2 atom stereocenters. The molecule has 18 heavy (non-hydrogen) atoms. The van der Waals surface area contributed by atoms with Crippen LogP contribution < -0.4 is 5.32 Å². The van der Waals surface area contributed by atoms with Crippen molar-refractivity contribution in [2.24, 2.45) is 5.92 Å². The molecule has 1 aliphatic rings. The van der Waals surface area contributed by atoms with Crippen molar-refractivity contribution < 1.29 is 15.0 Å². The summed E-state index contributed by atoms with van der Waals surface area (Å²) in [4.78, 5) is 14.9. The molecule has 0 radical (unpaired) electrons. The van der Waals surface area contributed by atoms with Gasteiger partial charge in [-0.2, -0.15) is 0 Å². The predicted octanol–water partition coefficient (Wildman–Crippen LogP) is 1.74. The number of carbonyl (C=O) groups is 1. The highest BCUT2D eigenvalue weighted by Gasteiger charge is 2.19. The molecule has 0 amide bonds. The largest absolute Gasteiger partial charge is 0.478 e. The van der Waals surface area contributed by atoms with Gasteiger partial charge in [0.05, 0.1) is 11.7 Å². The zero-order valence-electron chi connectivity index (χ0n) is 10.2. The molecule has 1 aliphatic carbocycles. The molecule has 0 spiro atoms. The monoisotopic (exact) mass is 250 g/mol. The average molecular weight is 250 g/mol. The molecule has 1 heterocycles. The molecule has 1 aromatic rings. The molecule has 0 aliphatic heterocycles. The third-order valence-electron chi connectivity index (χ3n) is 3.33. The molecule has 5 heteroatoms. The van der Waals surface area contributed by atoms with E-state index in [1.54, 1.807) is 0 Å². The molecule has 0 saturated heterocycles. The first-order chi connectivity index (χ1) is 8.65. The first kappa shape index (κ1) is 12.8. The Balaban J connectivity index is 1.89. The van der Waals surface area contributed by atoms with Crippen molar-refractivity contribution >= 4 is 11.8 Å². The maximum absolute atomic E-state index is 10.8. The number of hydrogen-bond acceptors (Lipinski definition) is 4. The van der Waals surface area contributed by atoms with Gasteiger partial charge in [-0.1, -0.05) is 6.42 Å². The lowest BCUT2D eigenvalue weighted by Gasteiger charge is -2.26. The Hall–Kier alpha value is -1.62. The number of aliphatic hydroxyl groups excluding tert-OH is 1. The first-order valence-electron chi connectivity index (χ1n) is 6.26. The lowest BCUT2D eigenvalue weighted by Crippen LogP contribution is -2.25. The number of anilines is 1. The van der Waals surface area contributed by atoms with E-state index in [1.165, 1.54) is 18.3 Å². The van der Waals surface area contributed by atoms with E-state index in [-0.39, 0.29) is 11.7 Å². The summed E-state index contributed by atoms with van der Waals surface area (Å²) < 4.78 is 0. The fourth-order valence-electron chi connectivity index (χ4n) is 2.36. The van der Waals surface area contributed by atoms with E-state index >= 15 is 0 Å². The molecule has 0 aromatic carbocycles. The fraction of sp³-hybridized carbons (Fsp3) is 0.538. The minimum atomic E-state index is -0.950. The number of aliphatic hydroxyl groups is 1. The number of hydrogen-bond donors (Lipinski definition) is 3. The Kier molecular flexibility index (Phi) is 4.15. The lowest BCUT2D eigenvalue weighted by molar-refractivity contribution is 0.0696. The van der Waals surface area contributed by atoms with E-state index in [1.807, 2.05) is 0 Å². The standard InChI is InChI=1S/C13H18N2O3/c16-11-3-1-2-9(6-11)8-15-12-7-10(13(17)18)4-5-14-12/h4-5,7,9,11,16H,1-3,6,8H2,(H,14,15)(H,17,18). The highest BCUT2D eigenvalue weighted by molar-refractivity contribution is 5.88. The number of carboxylic acids is 1. The summed E-state index contributed by atoms with van der Waals surface area (Å²) >= 11 is 0. The smallest absolute Gasteiger partial charge is 0.335 e. The summed E-state index contributed by atoms with van der Waals surface area (Å²) in [6.07, 6.45) is 5.15. The van der Waals surface area contributed by atoms with Gasteiger partial charge in [0.15, 0.2) is 0 Å². The molecule has 98 valence electrons. The van der Waals surface area contributed by atoms with Gasteiger partial charge in [-0.25, -0.2) is 9.78 Å². The van der Waals surface area contributed by atoms with Crippen LogP contribution in [0.25, 0.3) is 0 Å². The van der Waals surface area contributed by atoms with E-state index in [0.29, 0.717) is 11.7 Å². The number of pyridine rings is 1. The average Bonchev–Trinajstić information content (AvgIpc) is 2.37. The molecular formula is C13H18N2O3. The van der Waals surface area contributed by atoms with Gasteiger partial charge in [0.1, 0.15) is 5.82 Å². The molecular weight excluding hydrogens is 232 g/mol. The summed E-state index contributed by atoms with van der Waals surface area (Å²) in [6.45, 7) is 0.729. The molecule has 3 N–H and O–H groups in total. The van der Waals surface area contributed by atoms with Crippen molar-refractivity contribution in [3.05, 3.63) is 23.9 Å². The van der Waals surface area contributed by atoms with Crippen molar-refractivity contribution in [2.75, 3.05) is 11.9 Å². The summed E-state index contributed by atoms with van der Waals surface area (Å²) in [6, 6.07) is 3.00. The summed E-state index contributed by atoms with van der Waals surface area (Å²) in [5.41, 5.74) is 0.233. The van der Waals surface area contributed by atoms with Crippen molar-refractivity contribution in [3.63, 3.8) is 0 Å². The maximum atomic E-state index is 10.8. The van der Waals surface area contributed by atoms with E-state index in [9.17, 15) is 9.90 Å². The van der Waals surface area contributed by atoms with E-state index in [2.05, 4.69) is 10.3 Å². The third-order valence-corrected chi connectivity index (χ3v) is 3.33. The Morgan fingerprint density at radius 1 is 1.50 bits per heavy atom. The second-order valence-corrected chi connectivity index (χ2v) is 4.80. The van der Waals surface area contributed by atoms with E-state index in [4.69, 9.17) is 5.11 Å². The molecule has 0 bridgehead atoms. The Labute approximate surface area is 106 Å². The van der Waals surface area contributed by atoms with Crippen LogP contribution in [0.15, 0.2) is 18.3 Å². The van der Waals surface area contributed by atoms with Crippen molar-refractivity contribution in [2.45, 2.75) is 31.8 Å². The van der Waals surface area contributed by atoms with Crippen LogP contribution in [0.5, 0.6) is 0 Å². The zero-order chi connectivity index (χ0) is 13.0. The minimum Gasteiger partial charge on any atom is -0.478 e. The van der Waals surface area contributed by atoms with Crippen molar-refractivity contribution in [3.8, 4) is 0 Å². The van der Waals surface area contributed by atoms with Crippen LogP contribution in [0.3, 0.4) is 0 Å². The van der Waals surface area contributed by atoms with Crippen LogP contribution in [0, 0.1) is 5.92 Å². The predicted molar refractivity (Wildman–Crippen MR) is 67.7 cm³/mol. The summed E-state index contributed by atoms with van der Waals surface area (Å²) in [5.74, 6) is 0.0625. The number of nitrogens with zero attached hydrogens (tertiary/aromatic N) is 1. The number of carboxylic acid groups (broad SMARTS) is 1. The van der Waals surface area contributed by atoms with E-state index in [0.717, 1.165) is 32.2 Å². The third kappa shape index (κ3) is 3.43. The zero-order valence-corrected chi connectivity index (χ0v) is 10.2. The Morgan fingerprint density at radius 2 is 2.33 bits per heavy atom. The molecule has 2 rings (SSSR count). The Bertz CT molecular complexity index is 422. The van der Waals surface area contributed by atoms with Gasteiger partial charge >= 0.3 is 5.97 Å². The number of nitrogens with one attached hydrogen (secondary N) is 1. The molecule has 1 saturated carbocycles. The molecule has 5 nitrogen and oxygen atoms in total. The van der Waals surface area contributed by atoms with Crippen molar-refractivity contribution in [1.82, 2.24) is 4.98 Å². The van der Waals surface area contributed by atoms with Crippen LogP contribution in [-0.4, -0.2) is 33.8 Å². The van der Waals surface area contributed by atoms with E-state index < -0.39 is 5.97 Å². The normalized spacial score (nSPS) is 23.6. The van der Waals surface area contributed by atoms with Gasteiger partial charge in [-0.05, 0) is 37.3 Å². The Morgan fingerprint density at radius 3 is 3.06 bits per heavy atom. The fourth-order valence-corrected chi connectivity index (χ4v) is 2.36. The van der Waals surface area contributed by atoms with Crippen molar-refractivity contribution in [1.29, 1.82) is 0 Å². The van der Waals surface area contributed by atoms with Crippen LogP contribution in [-0.2, 0) is 0 Å². The van der Waals surface area contributed by atoms with Crippen LogP contribution in [0.2, 0.25) is 0 Å². The second-order valence-electron chi connectivity index (χ2n) is 4.80. The SMILES string of the molecule is O=C(O)c1ccnc(NCC2CCCC(O)C2)c1. The summed E-state index contributed by atoms with van der Waals surface area (Å²) in [7, 11) is 0. The van der Waals surface area contributed by atoms with Crippen LogP contribution in [0.1, 0.15) is 36.0 Å². The lowest BCUT2D eigenvalue weighted by atomic mass is 9.87. The highest BCUT2D eigenvalue weighted by atomic mass is 16.4. The highest BCUT2D eigenvalue weighted by Crippen LogP contribution is 2.24. The maximum Gasteiger partial charge on any atom is 0.335 e. The minimum absolute atomic E-state index is 0.191. The van der Waals surface area contributed by atoms with Crippen LogP contribution >= 0.6 is 0 Å². The number of rotatable bonds is 4. The second kappa shape index (κ2) is 5.82. The van der Waals surface area contributed by atoms with Gasteiger partial charge in [0.2, 0.25) is 0 Å². The van der Waals surface area contributed by atoms with Gasteiger partial charge in [-0.15, -0.1) is 0 Å². The van der Waals surface area contributed by atoms with Crippen LogP contribution in [0.4, 0.5) is 5.82 Å².